The second-order valence-electron chi connectivity index (χ2n) is 7.68. The van der Waals surface area contributed by atoms with Crippen molar-refractivity contribution in [1.82, 2.24) is 0 Å². The van der Waals surface area contributed by atoms with Gasteiger partial charge in [-0.1, -0.05) is 36.4 Å². The highest BCUT2D eigenvalue weighted by Gasteiger charge is 2.70. The van der Waals surface area contributed by atoms with Gasteiger partial charge in [0.2, 0.25) is 5.78 Å². The van der Waals surface area contributed by atoms with Crippen molar-refractivity contribution in [2.45, 2.75) is 24.8 Å². The first kappa shape index (κ1) is 23.2. The fraction of sp³-hybridized carbons (Fsp3) is 0.250. The van der Waals surface area contributed by atoms with Gasteiger partial charge in [0.05, 0.1) is 23.8 Å². The van der Waals surface area contributed by atoms with Crippen LogP contribution in [0.4, 0.5) is 13.2 Å². The number of benzene rings is 2. The summed E-state index contributed by atoms with van der Waals surface area (Å²) in [5, 5.41) is 19.9. The van der Waals surface area contributed by atoms with Crippen LogP contribution in [0.1, 0.15) is 44.7 Å². The van der Waals surface area contributed by atoms with Crippen molar-refractivity contribution in [3.63, 3.8) is 0 Å². The summed E-state index contributed by atoms with van der Waals surface area (Å²) in [6.07, 6.45) is -5.55. The molecule has 7 nitrogen and oxygen atoms in total. The average molecular weight is 471 g/mol. The molecular weight excluding hydrogens is 455 g/mol. The van der Waals surface area contributed by atoms with Crippen molar-refractivity contribution in [2.75, 3.05) is 6.61 Å². The van der Waals surface area contributed by atoms with E-state index in [1.807, 2.05) is 6.07 Å². The van der Waals surface area contributed by atoms with E-state index in [2.05, 4.69) is 0 Å². The minimum atomic E-state index is -5.55. The number of nitriles is 1. The molecule has 0 saturated carbocycles. The predicted molar refractivity (Wildman–Crippen MR) is 108 cm³/mol. The van der Waals surface area contributed by atoms with Crippen molar-refractivity contribution >= 4 is 17.5 Å². The summed E-state index contributed by atoms with van der Waals surface area (Å²) in [5.74, 6) is -12.7. The van der Waals surface area contributed by atoms with Gasteiger partial charge in [0.15, 0.2) is 11.5 Å². The number of alkyl halides is 3. The largest absolute Gasteiger partial charge is 0.466 e. The fourth-order valence-electron chi connectivity index (χ4n) is 4.25. The van der Waals surface area contributed by atoms with Gasteiger partial charge in [0.1, 0.15) is 5.92 Å². The van der Waals surface area contributed by atoms with E-state index in [0.29, 0.717) is 0 Å². The van der Waals surface area contributed by atoms with Gasteiger partial charge in [-0.2, -0.15) is 18.4 Å². The number of halogens is 3. The number of carbonyl (C=O) groups is 3. The normalized spacial score (nSPS) is 24.0. The summed E-state index contributed by atoms with van der Waals surface area (Å²) < 4.78 is 52.3. The van der Waals surface area contributed by atoms with Crippen LogP contribution in [-0.2, 0) is 14.3 Å². The molecule has 0 bridgehead atoms. The van der Waals surface area contributed by atoms with Gasteiger partial charge < -0.3 is 14.6 Å². The highest BCUT2D eigenvalue weighted by atomic mass is 19.4. The number of carbonyl (C=O) groups excluding carboxylic acids is 3. The Labute approximate surface area is 191 Å². The highest BCUT2D eigenvalue weighted by Crippen LogP contribution is 2.54. The standard InChI is InChI=1S/C24H16F3NO6/c1-2-33-22(31)18-16(13-9-7-12(11-28)8-10-13)17-19(29)14-5-3-4-6-15(14)20(30)21(17)34-23(18,32)24(25,26)27/h3-10,16,18,32H,2H2,1H3/t16-,18-,23+/m1/s1. The lowest BCUT2D eigenvalue weighted by molar-refractivity contribution is -0.375. The van der Waals surface area contributed by atoms with Crippen LogP contribution in [0.15, 0.2) is 59.9 Å². The fourth-order valence-corrected chi connectivity index (χ4v) is 4.25. The van der Waals surface area contributed by atoms with E-state index in [1.165, 1.54) is 55.5 Å². The SMILES string of the molecule is CCOC(=O)[C@H]1[C@H](c2ccc(C#N)cc2)C2=C(O[C@]1(O)C(F)(F)F)C(=O)c1ccccc1C2=O. The molecule has 0 saturated heterocycles. The maximum absolute atomic E-state index is 14.2. The van der Waals surface area contributed by atoms with Crippen LogP contribution in [0.2, 0.25) is 0 Å². The number of rotatable bonds is 3. The second-order valence-corrected chi connectivity index (χ2v) is 7.68. The second kappa shape index (κ2) is 8.11. The Morgan fingerprint density at radius 3 is 2.24 bits per heavy atom. The molecule has 0 amide bonds. The lowest BCUT2D eigenvalue weighted by Crippen LogP contribution is -2.61. The predicted octanol–water partition coefficient (Wildman–Crippen LogP) is 3.44. The van der Waals surface area contributed by atoms with E-state index >= 15 is 0 Å². The summed E-state index contributed by atoms with van der Waals surface area (Å²) >= 11 is 0. The molecule has 174 valence electrons. The van der Waals surface area contributed by atoms with Gasteiger partial charge in [0, 0.05) is 17.0 Å². The van der Waals surface area contributed by atoms with E-state index in [1.54, 1.807) is 0 Å². The third-order valence-corrected chi connectivity index (χ3v) is 5.78. The molecule has 1 aliphatic heterocycles. The number of ether oxygens (including phenoxy) is 2. The molecule has 2 aromatic rings. The summed E-state index contributed by atoms with van der Waals surface area (Å²) in [7, 11) is 0. The molecule has 0 aromatic heterocycles. The van der Waals surface area contributed by atoms with Crippen molar-refractivity contribution in [1.29, 1.82) is 5.26 Å². The molecule has 1 heterocycles. The Balaban J connectivity index is 2.05. The molecule has 0 fully saturated rings. The number of hydrogen-bond acceptors (Lipinski definition) is 7. The van der Waals surface area contributed by atoms with Crippen LogP contribution >= 0.6 is 0 Å². The Bertz CT molecular complexity index is 1270. The summed E-state index contributed by atoms with van der Waals surface area (Å²) in [5.41, 5.74) is -0.617. The molecule has 0 spiro atoms. The van der Waals surface area contributed by atoms with Crippen LogP contribution < -0.4 is 0 Å². The number of allylic oxidation sites excluding steroid dienone is 2. The first-order chi connectivity index (χ1) is 16.0. The Morgan fingerprint density at radius 1 is 1.12 bits per heavy atom. The monoisotopic (exact) mass is 471 g/mol. The topological polar surface area (TPSA) is 114 Å². The van der Waals surface area contributed by atoms with Crippen molar-refractivity contribution in [2.24, 2.45) is 5.92 Å². The molecule has 3 atom stereocenters. The summed E-state index contributed by atoms with van der Waals surface area (Å²) in [6.45, 7) is 1.05. The zero-order valence-corrected chi connectivity index (χ0v) is 17.6. The smallest absolute Gasteiger partial charge is 0.456 e. The number of Topliss-reactive ketones (excluding diaryl/α,β-unsaturated/α-hetero) is 2. The van der Waals surface area contributed by atoms with E-state index in [0.717, 1.165) is 0 Å². The van der Waals surface area contributed by atoms with Gasteiger partial charge in [-0.15, -0.1) is 0 Å². The summed E-state index contributed by atoms with van der Waals surface area (Å²) in [6, 6.07) is 12.4. The van der Waals surface area contributed by atoms with Gasteiger partial charge in [-0.3, -0.25) is 14.4 Å². The van der Waals surface area contributed by atoms with Crippen LogP contribution in [0.3, 0.4) is 0 Å². The first-order valence-electron chi connectivity index (χ1n) is 10.1. The molecule has 1 N–H and O–H groups in total. The van der Waals surface area contributed by atoms with E-state index in [-0.39, 0.29) is 28.9 Å². The zero-order valence-electron chi connectivity index (χ0n) is 17.6. The molecule has 34 heavy (non-hydrogen) atoms. The molecule has 0 radical (unpaired) electrons. The van der Waals surface area contributed by atoms with Crippen molar-refractivity contribution in [3.05, 3.63) is 82.1 Å². The molecule has 2 aliphatic rings. The maximum atomic E-state index is 14.2. The maximum Gasteiger partial charge on any atom is 0.456 e. The molecule has 4 rings (SSSR count). The van der Waals surface area contributed by atoms with Gasteiger partial charge in [-0.25, -0.2) is 0 Å². The number of fused-ring (bicyclic) bond motifs is 1. The van der Waals surface area contributed by atoms with Crippen molar-refractivity contribution in [3.8, 4) is 6.07 Å². The Kier molecular flexibility index (Phi) is 5.53. The van der Waals surface area contributed by atoms with E-state index in [9.17, 15) is 32.7 Å². The van der Waals surface area contributed by atoms with Crippen LogP contribution in [0.5, 0.6) is 0 Å². The lowest BCUT2D eigenvalue weighted by Gasteiger charge is -2.45. The average Bonchev–Trinajstić information content (AvgIpc) is 2.81. The Morgan fingerprint density at radius 2 is 1.71 bits per heavy atom. The molecule has 2 aromatic carbocycles. The lowest BCUT2D eigenvalue weighted by atomic mass is 9.69. The minimum absolute atomic E-state index is 0.0175. The van der Waals surface area contributed by atoms with Gasteiger partial charge in [0.25, 0.3) is 0 Å². The minimum Gasteiger partial charge on any atom is -0.466 e. The molecular formula is C24H16F3NO6. The summed E-state index contributed by atoms with van der Waals surface area (Å²) in [4.78, 5) is 39.4. The highest BCUT2D eigenvalue weighted by molar-refractivity contribution is 6.27. The van der Waals surface area contributed by atoms with Crippen LogP contribution in [0.25, 0.3) is 0 Å². The van der Waals surface area contributed by atoms with Crippen LogP contribution in [-0.4, -0.2) is 41.2 Å². The number of ketones is 2. The zero-order chi connectivity index (χ0) is 24.8. The van der Waals surface area contributed by atoms with E-state index < -0.39 is 52.7 Å². The number of nitrogens with zero attached hydrogens (tertiary/aromatic N) is 1. The first-order valence-corrected chi connectivity index (χ1v) is 10.1. The number of aliphatic hydroxyl groups is 1. The van der Waals surface area contributed by atoms with E-state index in [4.69, 9.17) is 14.7 Å². The van der Waals surface area contributed by atoms with Gasteiger partial charge >= 0.3 is 17.9 Å². The van der Waals surface area contributed by atoms with Crippen molar-refractivity contribution < 1.29 is 42.1 Å². The van der Waals surface area contributed by atoms with Gasteiger partial charge in [-0.05, 0) is 24.6 Å². The third-order valence-electron chi connectivity index (χ3n) is 5.78. The third kappa shape index (κ3) is 3.36. The quantitative estimate of drug-likeness (QED) is 0.683. The number of esters is 1. The molecule has 1 aliphatic carbocycles. The van der Waals surface area contributed by atoms with Crippen LogP contribution in [0, 0.1) is 17.2 Å². The number of hydrogen-bond donors (Lipinski definition) is 1. The Hall–Kier alpha value is -3.97. The molecule has 10 heteroatoms. The molecule has 0 unspecified atom stereocenters.